The molecule has 152 valence electrons. The Balaban J connectivity index is 1.49. The molecule has 2 aromatic carbocycles. The molecule has 1 fully saturated rings. The normalized spacial score (nSPS) is 19.4. The minimum Gasteiger partial charge on any atom is -0.504 e. The van der Waals surface area contributed by atoms with Crippen LogP contribution in [-0.4, -0.2) is 36.5 Å². The third kappa shape index (κ3) is 5.32. The number of phenols is 2. The predicted octanol–water partition coefficient (Wildman–Crippen LogP) is 4.19. The average Bonchev–Trinajstić information content (AvgIpc) is 2.73. The molecular formula is C23H31NO4. The Hall–Kier alpha value is -2.40. The lowest BCUT2D eigenvalue weighted by Gasteiger charge is -2.31. The summed E-state index contributed by atoms with van der Waals surface area (Å²) in [6.45, 7) is 0. The Morgan fingerprint density at radius 2 is 1.29 bits per heavy atom. The van der Waals surface area contributed by atoms with Crippen LogP contribution in [0, 0.1) is 0 Å². The number of phenolic OH excluding ortho intramolecular Hbond substituents is 2. The molecule has 0 aromatic heterocycles. The first kappa shape index (κ1) is 20.3. The van der Waals surface area contributed by atoms with E-state index in [1.165, 1.54) is 30.4 Å². The Morgan fingerprint density at radius 1 is 0.821 bits per heavy atom. The number of rotatable bonds is 8. The van der Waals surface area contributed by atoms with Gasteiger partial charge in [0.05, 0.1) is 14.2 Å². The minimum atomic E-state index is 0.188. The highest BCUT2D eigenvalue weighted by Gasteiger charge is 2.21. The number of benzene rings is 2. The summed E-state index contributed by atoms with van der Waals surface area (Å²) < 4.78 is 10.4. The topological polar surface area (TPSA) is 71.0 Å². The molecule has 5 heteroatoms. The highest BCUT2D eigenvalue weighted by Crippen LogP contribution is 2.29. The minimum absolute atomic E-state index is 0.188. The van der Waals surface area contributed by atoms with Gasteiger partial charge >= 0.3 is 0 Å². The quantitative estimate of drug-likeness (QED) is 0.636. The zero-order valence-electron chi connectivity index (χ0n) is 16.8. The second kappa shape index (κ2) is 9.69. The van der Waals surface area contributed by atoms with Gasteiger partial charge in [0.15, 0.2) is 23.0 Å². The van der Waals surface area contributed by atoms with Gasteiger partial charge in [-0.3, -0.25) is 0 Å². The second-order valence-corrected chi connectivity index (χ2v) is 7.58. The molecule has 2 unspecified atom stereocenters. The van der Waals surface area contributed by atoms with Gasteiger partial charge in [0.1, 0.15) is 0 Å². The van der Waals surface area contributed by atoms with Gasteiger partial charge in [0.25, 0.3) is 0 Å². The number of hydrogen-bond donors (Lipinski definition) is 3. The van der Waals surface area contributed by atoms with Crippen LogP contribution < -0.4 is 14.8 Å². The SMILES string of the molecule is COc1cc(CCC2CCCC(CCc3ccc(O)c(OC)c3)N2)ccc1O. The third-order valence-corrected chi connectivity index (χ3v) is 5.63. The summed E-state index contributed by atoms with van der Waals surface area (Å²) >= 11 is 0. The molecule has 0 saturated carbocycles. The summed E-state index contributed by atoms with van der Waals surface area (Å²) in [4.78, 5) is 0. The van der Waals surface area contributed by atoms with Gasteiger partial charge in [-0.2, -0.15) is 0 Å². The maximum absolute atomic E-state index is 9.73. The molecule has 0 radical (unpaired) electrons. The van der Waals surface area contributed by atoms with Crippen LogP contribution in [0.25, 0.3) is 0 Å². The van der Waals surface area contributed by atoms with Crippen LogP contribution in [0.15, 0.2) is 36.4 Å². The van der Waals surface area contributed by atoms with E-state index < -0.39 is 0 Å². The summed E-state index contributed by atoms with van der Waals surface area (Å²) in [5.74, 6) is 1.45. The number of ether oxygens (including phenoxy) is 2. The van der Waals surface area contributed by atoms with E-state index in [4.69, 9.17) is 9.47 Å². The van der Waals surface area contributed by atoms with Gasteiger partial charge in [0.2, 0.25) is 0 Å². The molecule has 5 nitrogen and oxygen atoms in total. The van der Waals surface area contributed by atoms with Crippen LogP contribution in [0.1, 0.15) is 43.2 Å². The van der Waals surface area contributed by atoms with Crippen LogP contribution in [0.3, 0.4) is 0 Å². The van der Waals surface area contributed by atoms with Crippen molar-refractivity contribution in [1.29, 1.82) is 0 Å². The molecule has 0 spiro atoms. The Labute approximate surface area is 167 Å². The molecule has 1 aliphatic rings. The smallest absolute Gasteiger partial charge is 0.160 e. The van der Waals surface area contributed by atoms with E-state index in [0.29, 0.717) is 23.6 Å². The Kier molecular flexibility index (Phi) is 7.04. The van der Waals surface area contributed by atoms with Gasteiger partial charge in [0, 0.05) is 12.1 Å². The van der Waals surface area contributed by atoms with Crippen LogP contribution >= 0.6 is 0 Å². The Morgan fingerprint density at radius 3 is 1.71 bits per heavy atom. The largest absolute Gasteiger partial charge is 0.504 e. The van der Waals surface area contributed by atoms with Crippen molar-refractivity contribution >= 4 is 0 Å². The third-order valence-electron chi connectivity index (χ3n) is 5.63. The highest BCUT2D eigenvalue weighted by molar-refractivity contribution is 5.42. The summed E-state index contributed by atoms with van der Waals surface area (Å²) in [5, 5.41) is 23.3. The molecular weight excluding hydrogens is 354 g/mol. The van der Waals surface area contributed by atoms with Crippen LogP contribution in [-0.2, 0) is 12.8 Å². The maximum atomic E-state index is 9.73. The summed E-state index contributed by atoms with van der Waals surface area (Å²) in [6.07, 6.45) is 7.76. The van der Waals surface area contributed by atoms with Crippen molar-refractivity contribution in [3.63, 3.8) is 0 Å². The van der Waals surface area contributed by atoms with Crippen LogP contribution in [0.4, 0.5) is 0 Å². The van der Waals surface area contributed by atoms with Crippen molar-refractivity contribution in [1.82, 2.24) is 5.32 Å². The van der Waals surface area contributed by atoms with E-state index in [1.54, 1.807) is 26.4 Å². The zero-order valence-corrected chi connectivity index (χ0v) is 16.8. The van der Waals surface area contributed by atoms with Gasteiger partial charge < -0.3 is 25.0 Å². The second-order valence-electron chi connectivity index (χ2n) is 7.58. The van der Waals surface area contributed by atoms with Crippen molar-refractivity contribution in [3.05, 3.63) is 47.5 Å². The number of methoxy groups -OCH3 is 2. The van der Waals surface area contributed by atoms with E-state index in [0.717, 1.165) is 25.7 Å². The molecule has 1 saturated heterocycles. The van der Waals surface area contributed by atoms with E-state index >= 15 is 0 Å². The highest BCUT2D eigenvalue weighted by atomic mass is 16.5. The number of aryl methyl sites for hydroxylation is 2. The lowest BCUT2D eigenvalue weighted by Crippen LogP contribution is -2.42. The number of hydrogen-bond acceptors (Lipinski definition) is 5. The Bertz CT molecular complexity index is 714. The molecule has 2 aromatic rings. The molecule has 3 rings (SSSR count). The van der Waals surface area contributed by atoms with Crippen molar-refractivity contribution in [3.8, 4) is 23.0 Å². The fourth-order valence-electron chi connectivity index (χ4n) is 4.00. The first-order valence-electron chi connectivity index (χ1n) is 10.1. The average molecular weight is 386 g/mol. The van der Waals surface area contributed by atoms with Gasteiger partial charge in [-0.1, -0.05) is 18.6 Å². The molecule has 0 amide bonds. The van der Waals surface area contributed by atoms with E-state index in [2.05, 4.69) is 5.32 Å². The van der Waals surface area contributed by atoms with Gasteiger partial charge in [-0.25, -0.2) is 0 Å². The lowest BCUT2D eigenvalue weighted by molar-refractivity contribution is 0.296. The predicted molar refractivity (Wildman–Crippen MR) is 111 cm³/mol. The standard InChI is InChI=1S/C23H31NO4/c1-27-22-14-16(8-12-20(22)25)6-10-18-4-3-5-19(24-18)11-7-17-9-13-21(26)23(15-17)28-2/h8-9,12-15,18-19,24-26H,3-7,10-11H2,1-2H3. The summed E-state index contributed by atoms with van der Waals surface area (Å²) in [6, 6.07) is 12.2. The molecule has 1 aliphatic heterocycles. The van der Waals surface area contributed by atoms with Crippen molar-refractivity contribution in [2.75, 3.05) is 14.2 Å². The van der Waals surface area contributed by atoms with Crippen LogP contribution in [0.5, 0.6) is 23.0 Å². The zero-order chi connectivity index (χ0) is 19.9. The van der Waals surface area contributed by atoms with Crippen molar-refractivity contribution in [2.45, 2.75) is 57.0 Å². The first-order chi connectivity index (χ1) is 13.6. The molecule has 0 bridgehead atoms. The van der Waals surface area contributed by atoms with Gasteiger partial charge in [-0.15, -0.1) is 0 Å². The van der Waals surface area contributed by atoms with E-state index in [9.17, 15) is 10.2 Å². The number of aromatic hydroxyl groups is 2. The molecule has 1 heterocycles. The van der Waals surface area contributed by atoms with E-state index in [-0.39, 0.29) is 11.5 Å². The summed E-state index contributed by atoms with van der Waals surface area (Å²) in [7, 11) is 3.16. The first-order valence-corrected chi connectivity index (χ1v) is 10.1. The molecule has 2 atom stereocenters. The molecule has 0 aliphatic carbocycles. The van der Waals surface area contributed by atoms with Crippen molar-refractivity contribution in [2.24, 2.45) is 0 Å². The fourth-order valence-corrected chi connectivity index (χ4v) is 4.00. The molecule has 28 heavy (non-hydrogen) atoms. The van der Waals surface area contributed by atoms with E-state index in [1.807, 2.05) is 24.3 Å². The summed E-state index contributed by atoms with van der Waals surface area (Å²) in [5.41, 5.74) is 2.38. The maximum Gasteiger partial charge on any atom is 0.160 e. The van der Waals surface area contributed by atoms with Crippen molar-refractivity contribution < 1.29 is 19.7 Å². The lowest BCUT2D eigenvalue weighted by atomic mass is 9.91. The van der Waals surface area contributed by atoms with Gasteiger partial charge in [-0.05, 0) is 73.9 Å². The monoisotopic (exact) mass is 385 g/mol. The fraction of sp³-hybridized carbons (Fsp3) is 0.478. The number of nitrogens with one attached hydrogen (secondary N) is 1. The number of piperidine rings is 1. The van der Waals surface area contributed by atoms with Crippen LogP contribution in [0.2, 0.25) is 0 Å². The molecule has 3 N–H and O–H groups in total.